The summed E-state index contributed by atoms with van der Waals surface area (Å²) in [5, 5.41) is 6.75. The number of nitrogens with zero attached hydrogens (tertiary/aromatic N) is 3. The topological polar surface area (TPSA) is 62.7 Å². The number of aryl methyl sites for hydroxylation is 1. The minimum Gasteiger partial charge on any atom is -0.324 e. The molecule has 0 radical (unpaired) electrons. The Hall–Kier alpha value is -1.72. The summed E-state index contributed by atoms with van der Waals surface area (Å²) >= 11 is 5.76. The lowest BCUT2D eigenvalue weighted by Crippen LogP contribution is -2.26. The van der Waals surface area contributed by atoms with Crippen LogP contribution in [0.3, 0.4) is 0 Å². The number of hydrogen-bond acceptors (Lipinski definition) is 5. The normalized spacial score (nSPS) is 15.9. The zero-order valence-electron chi connectivity index (χ0n) is 11.9. The van der Waals surface area contributed by atoms with E-state index in [-0.39, 0.29) is 5.28 Å². The molecule has 1 aromatic carbocycles. The first-order chi connectivity index (χ1) is 10.2. The second-order valence-corrected chi connectivity index (χ2v) is 5.64. The van der Waals surface area contributed by atoms with Crippen molar-refractivity contribution in [2.24, 2.45) is 0 Å². The largest absolute Gasteiger partial charge is 0.324 e. The summed E-state index contributed by atoms with van der Waals surface area (Å²) < 4.78 is 0. The molecule has 0 bridgehead atoms. The zero-order valence-corrected chi connectivity index (χ0v) is 12.7. The molecule has 1 saturated heterocycles. The highest BCUT2D eigenvalue weighted by Gasteiger charge is 2.17. The van der Waals surface area contributed by atoms with Crippen LogP contribution in [0.25, 0.3) is 0 Å². The highest BCUT2D eigenvalue weighted by molar-refractivity contribution is 6.28. The molecule has 2 aromatic rings. The van der Waals surface area contributed by atoms with Gasteiger partial charge in [-0.3, -0.25) is 0 Å². The molecule has 0 spiro atoms. The van der Waals surface area contributed by atoms with Gasteiger partial charge in [0, 0.05) is 5.69 Å². The molecule has 0 aliphatic carbocycles. The number of benzene rings is 1. The van der Waals surface area contributed by atoms with Crippen LogP contribution in [0.4, 0.5) is 11.6 Å². The highest BCUT2D eigenvalue weighted by Crippen LogP contribution is 2.29. The molecule has 110 valence electrons. The van der Waals surface area contributed by atoms with Gasteiger partial charge in [-0.05, 0) is 73.6 Å². The number of hydrogen-bond donors (Lipinski definition) is 2. The summed E-state index contributed by atoms with van der Waals surface area (Å²) in [5.74, 6) is 1.12. The van der Waals surface area contributed by atoms with Crippen molar-refractivity contribution in [3.05, 3.63) is 40.9 Å². The molecule has 0 amide bonds. The monoisotopic (exact) mass is 303 g/mol. The molecule has 1 aromatic heterocycles. The van der Waals surface area contributed by atoms with E-state index in [1.807, 2.05) is 0 Å². The van der Waals surface area contributed by atoms with Crippen LogP contribution in [0.1, 0.15) is 29.9 Å². The number of rotatable bonds is 3. The molecule has 21 heavy (non-hydrogen) atoms. The van der Waals surface area contributed by atoms with Gasteiger partial charge in [0.05, 0.1) is 0 Å². The molecule has 0 saturated carbocycles. The van der Waals surface area contributed by atoms with Gasteiger partial charge in [-0.15, -0.1) is 0 Å². The van der Waals surface area contributed by atoms with Gasteiger partial charge in [0.25, 0.3) is 0 Å². The molecule has 5 nitrogen and oxygen atoms in total. The van der Waals surface area contributed by atoms with Crippen LogP contribution in [0.15, 0.2) is 24.5 Å². The molecular formula is C15H18ClN5. The number of piperidine rings is 1. The molecule has 0 unspecified atom stereocenters. The van der Waals surface area contributed by atoms with Crippen LogP contribution in [0.5, 0.6) is 0 Å². The molecule has 0 atom stereocenters. The van der Waals surface area contributed by atoms with E-state index in [0.717, 1.165) is 18.8 Å². The van der Waals surface area contributed by atoms with Gasteiger partial charge in [0.15, 0.2) is 0 Å². The number of halogens is 1. The molecule has 1 aliphatic rings. The van der Waals surface area contributed by atoms with Gasteiger partial charge in [-0.2, -0.15) is 4.98 Å². The Labute approximate surface area is 129 Å². The summed E-state index contributed by atoms with van der Waals surface area (Å²) in [6.45, 7) is 4.36. The molecule has 3 rings (SSSR count). The van der Waals surface area contributed by atoms with Gasteiger partial charge in [-0.25, -0.2) is 9.97 Å². The summed E-state index contributed by atoms with van der Waals surface area (Å²) in [4.78, 5) is 11.9. The van der Waals surface area contributed by atoms with Crippen molar-refractivity contribution in [3.63, 3.8) is 0 Å². The fourth-order valence-electron chi connectivity index (χ4n) is 2.81. The summed E-state index contributed by atoms with van der Waals surface area (Å²) in [7, 11) is 0. The first-order valence-corrected chi connectivity index (χ1v) is 7.53. The third-order valence-electron chi connectivity index (χ3n) is 3.85. The second-order valence-electron chi connectivity index (χ2n) is 5.30. The smallest absolute Gasteiger partial charge is 0.231 e. The van der Waals surface area contributed by atoms with Crippen molar-refractivity contribution in [1.82, 2.24) is 20.3 Å². The maximum Gasteiger partial charge on any atom is 0.231 e. The summed E-state index contributed by atoms with van der Waals surface area (Å²) in [5.41, 5.74) is 3.70. The zero-order chi connectivity index (χ0) is 14.7. The predicted molar refractivity (Wildman–Crippen MR) is 84.1 cm³/mol. The Kier molecular flexibility index (Phi) is 4.31. The van der Waals surface area contributed by atoms with Gasteiger partial charge in [0.2, 0.25) is 11.2 Å². The van der Waals surface area contributed by atoms with E-state index in [9.17, 15) is 0 Å². The fourth-order valence-corrected chi connectivity index (χ4v) is 2.93. The lowest BCUT2D eigenvalue weighted by molar-refractivity contribution is 0.459. The van der Waals surface area contributed by atoms with E-state index in [0.29, 0.717) is 11.9 Å². The Balaban J connectivity index is 1.77. The number of anilines is 2. The van der Waals surface area contributed by atoms with Crippen molar-refractivity contribution < 1.29 is 0 Å². The van der Waals surface area contributed by atoms with Crippen LogP contribution >= 0.6 is 11.6 Å². The SMILES string of the molecule is Cc1cc(Nc2ncnc(Cl)n2)ccc1C1CCNCC1. The van der Waals surface area contributed by atoms with Crippen molar-refractivity contribution in [3.8, 4) is 0 Å². The first-order valence-electron chi connectivity index (χ1n) is 7.15. The van der Waals surface area contributed by atoms with Crippen LogP contribution in [0.2, 0.25) is 5.28 Å². The van der Waals surface area contributed by atoms with Crippen molar-refractivity contribution in [1.29, 1.82) is 0 Å². The van der Waals surface area contributed by atoms with Crippen LogP contribution in [-0.4, -0.2) is 28.0 Å². The average Bonchev–Trinajstić information content (AvgIpc) is 2.48. The van der Waals surface area contributed by atoms with E-state index in [2.05, 4.69) is 50.7 Å². The fraction of sp³-hybridized carbons (Fsp3) is 0.400. The summed E-state index contributed by atoms with van der Waals surface area (Å²) in [6, 6.07) is 6.41. The van der Waals surface area contributed by atoms with Crippen molar-refractivity contribution in [2.45, 2.75) is 25.7 Å². The molecule has 1 fully saturated rings. The highest BCUT2D eigenvalue weighted by atomic mass is 35.5. The standard InChI is InChI=1S/C15H18ClN5/c1-10-8-12(20-15-19-9-18-14(16)21-15)2-3-13(10)11-4-6-17-7-5-11/h2-3,8-9,11,17H,4-7H2,1H3,(H,18,19,20,21). The second kappa shape index (κ2) is 6.37. The van der Waals surface area contributed by atoms with E-state index >= 15 is 0 Å². The Bertz CT molecular complexity index is 625. The van der Waals surface area contributed by atoms with Crippen LogP contribution in [-0.2, 0) is 0 Å². The Morgan fingerprint density at radius 1 is 1.24 bits per heavy atom. The molecule has 1 aliphatic heterocycles. The van der Waals surface area contributed by atoms with Crippen molar-refractivity contribution >= 4 is 23.2 Å². The lowest BCUT2D eigenvalue weighted by Gasteiger charge is -2.24. The average molecular weight is 304 g/mol. The van der Waals surface area contributed by atoms with E-state index in [4.69, 9.17) is 11.6 Å². The summed E-state index contributed by atoms with van der Waals surface area (Å²) in [6.07, 6.45) is 3.81. The third kappa shape index (κ3) is 3.49. The van der Waals surface area contributed by atoms with Gasteiger partial charge >= 0.3 is 0 Å². The molecular weight excluding hydrogens is 286 g/mol. The quantitative estimate of drug-likeness (QED) is 0.912. The number of nitrogens with one attached hydrogen (secondary N) is 2. The maximum absolute atomic E-state index is 5.76. The third-order valence-corrected chi connectivity index (χ3v) is 4.03. The lowest BCUT2D eigenvalue weighted by atomic mass is 9.87. The Morgan fingerprint density at radius 2 is 2.05 bits per heavy atom. The molecule has 2 N–H and O–H groups in total. The van der Waals surface area contributed by atoms with Crippen LogP contribution < -0.4 is 10.6 Å². The van der Waals surface area contributed by atoms with E-state index in [1.165, 1.54) is 30.3 Å². The minimum atomic E-state index is 0.190. The van der Waals surface area contributed by atoms with Crippen LogP contribution in [0, 0.1) is 6.92 Å². The molecule has 2 heterocycles. The van der Waals surface area contributed by atoms with Gasteiger partial charge in [0.1, 0.15) is 6.33 Å². The predicted octanol–water partition coefficient (Wildman–Crippen LogP) is 3.04. The van der Waals surface area contributed by atoms with Gasteiger partial charge < -0.3 is 10.6 Å². The first kappa shape index (κ1) is 14.2. The van der Waals surface area contributed by atoms with Crippen molar-refractivity contribution in [2.75, 3.05) is 18.4 Å². The Morgan fingerprint density at radius 3 is 2.76 bits per heavy atom. The molecule has 6 heteroatoms. The number of aromatic nitrogens is 3. The van der Waals surface area contributed by atoms with E-state index < -0.39 is 0 Å². The van der Waals surface area contributed by atoms with Gasteiger partial charge in [-0.1, -0.05) is 6.07 Å². The maximum atomic E-state index is 5.76. The van der Waals surface area contributed by atoms with E-state index in [1.54, 1.807) is 0 Å². The minimum absolute atomic E-state index is 0.190.